The second-order valence-electron chi connectivity index (χ2n) is 7.05. The van der Waals surface area contributed by atoms with Crippen LogP contribution in [-0.4, -0.2) is 24.6 Å². The minimum atomic E-state index is -0.476. The minimum absolute atomic E-state index is 0.00865. The van der Waals surface area contributed by atoms with E-state index in [-0.39, 0.29) is 36.2 Å². The summed E-state index contributed by atoms with van der Waals surface area (Å²) in [7, 11) is 1.32. The van der Waals surface area contributed by atoms with E-state index in [1.54, 1.807) is 6.08 Å². The molecule has 25 heavy (non-hydrogen) atoms. The van der Waals surface area contributed by atoms with Crippen LogP contribution in [0.25, 0.3) is 0 Å². The van der Waals surface area contributed by atoms with Crippen molar-refractivity contribution in [2.45, 2.75) is 59.8 Å². The van der Waals surface area contributed by atoms with Crippen LogP contribution in [0, 0.1) is 11.8 Å². The molecule has 1 atom stereocenters. The molecule has 0 amide bonds. The van der Waals surface area contributed by atoms with E-state index >= 15 is 0 Å². The molecule has 0 saturated heterocycles. The number of allylic oxidation sites excluding steroid dienone is 5. The first kappa shape index (κ1) is 21.1. The molecule has 0 heterocycles. The lowest BCUT2D eigenvalue weighted by atomic mass is 9.83. The van der Waals surface area contributed by atoms with E-state index < -0.39 is 5.97 Å². The summed E-state index contributed by atoms with van der Waals surface area (Å²) in [6, 6.07) is 0. The zero-order valence-electron chi connectivity index (χ0n) is 16.1. The van der Waals surface area contributed by atoms with Crippen molar-refractivity contribution in [3.8, 4) is 0 Å². The van der Waals surface area contributed by atoms with Gasteiger partial charge < -0.3 is 4.74 Å². The predicted octanol–water partition coefficient (Wildman–Crippen LogP) is 4.35. The Labute approximate surface area is 151 Å². The summed E-state index contributed by atoms with van der Waals surface area (Å²) >= 11 is 0. The normalized spacial score (nSPS) is 21.2. The number of ketones is 2. The van der Waals surface area contributed by atoms with Crippen molar-refractivity contribution in [2.75, 3.05) is 7.11 Å². The highest BCUT2D eigenvalue weighted by molar-refractivity contribution is 6.00. The van der Waals surface area contributed by atoms with Crippen LogP contribution < -0.4 is 0 Å². The van der Waals surface area contributed by atoms with Crippen molar-refractivity contribution in [1.82, 2.24) is 0 Å². The van der Waals surface area contributed by atoms with Gasteiger partial charge in [0.05, 0.1) is 7.11 Å². The fraction of sp³-hybridized carbons (Fsp3) is 0.571. The van der Waals surface area contributed by atoms with E-state index in [9.17, 15) is 14.4 Å². The summed E-state index contributed by atoms with van der Waals surface area (Å²) in [5.41, 5.74) is 2.28. The SMILES string of the molecule is COC(=O)C1=CCC=C(C)CCC=C(C)C(=O)C[C@H](C(C)C)C(=O)C1. The molecule has 0 fully saturated rings. The van der Waals surface area contributed by atoms with Gasteiger partial charge in [-0.15, -0.1) is 0 Å². The molecule has 1 aliphatic rings. The Morgan fingerprint density at radius 1 is 1.16 bits per heavy atom. The number of carbonyl (C=O) groups excluding carboxylic acids is 3. The summed E-state index contributed by atoms with van der Waals surface area (Å²) in [5, 5.41) is 0. The second kappa shape index (κ2) is 10.1. The van der Waals surface area contributed by atoms with Crippen molar-refractivity contribution >= 4 is 17.5 Å². The molecule has 4 heteroatoms. The van der Waals surface area contributed by atoms with Crippen LogP contribution in [-0.2, 0) is 19.1 Å². The molecule has 4 nitrogen and oxygen atoms in total. The zero-order chi connectivity index (χ0) is 19.0. The molecule has 0 aliphatic heterocycles. The molecule has 138 valence electrons. The van der Waals surface area contributed by atoms with Crippen LogP contribution in [0.5, 0.6) is 0 Å². The molecule has 0 aromatic heterocycles. The maximum absolute atomic E-state index is 12.7. The number of ether oxygens (including phenoxy) is 1. The molecule has 0 aromatic rings. The van der Waals surface area contributed by atoms with Crippen molar-refractivity contribution in [1.29, 1.82) is 0 Å². The van der Waals surface area contributed by atoms with Crippen LogP contribution in [0.15, 0.2) is 34.9 Å². The van der Waals surface area contributed by atoms with E-state index in [0.29, 0.717) is 17.6 Å². The maximum Gasteiger partial charge on any atom is 0.333 e. The van der Waals surface area contributed by atoms with Crippen LogP contribution in [0.1, 0.15) is 59.8 Å². The quantitative estimate of drug-likeness (QED) is 0.551. The molecule has 0 aromatic carbocycles. The molecule has 0 radical (unpaired) electrons. The van der Waals surface area contributed by atoms with Gasteiger partial charge in [0.25, 0.3) is 0 Å². The average molecular weight is 346 g/mol. The molecule has 0 saturated carbocycles. The standard InChI is InChI=1S/C21H30O4/c1-14(2)18-13-19(22)16(4)10-6-8-15(3)9-7-11-17(12-20(18)23)21(24)25-5/h9-11,14,18H,6-8,12-13H2,1-5H3/t18-/m1/s1. The molecule has 0 N–H and O–H groups in total. The second-order valence-corrected chi connectivity index (χ2v) is 7.05. The average Bonchev–Trinajstić information content (AvgIpc) is 2.56. The summed E-state index contributed by atoms with van der Waals surface area (Å²) in [6.45, 7) is 7.72. The van der Waals surface area contributed by atoms with Crippen molar-refractivity contribution in [2.24, 2.45) is 11.8 Å². The first-order valence-electron chi connectivity index (χ1n) is 8.91. The molecular weight excluding hydrogens is 316 g/mol. The molecule has 0 bridgehead atoms. The van der Waals surface area contributed by atoms with Crippen LogP contribution >= 0.6 is 0 Å². The van der Waals surface area contributed by atoms with Gasteiger partial charge in [-0.3, -0.25) is 9.59 Å². The molecular formula is C21H30O4. The third kappa shape index (κ3) is 6.81. The van der Waals surface area contributed by atoms with Crippen LogP contribution in [0.3, 0.4) is 0 Å². The van der Waals surface area contributed by atoms with Crippen molar-refractivity contribution < 1.29 is 19.1 Å². The Morgan fingerprint density at radius 3 is 2.44 bits per heavy atom. The van der Waals surface area contributed by atoms with Gasteiger partial charge in [-0.25, -0.2) is 4.79 Å². The molecule has 1 rings (SSSR count). The zero-order valence-corrected chi connectivity index (χ0v) is 16.1. The van der Waals surface area contributed by atoms with Crippen LogP contribution in [0.2, 0.25) is 0 Å². The highest BCUT2D eigenvalue weighted by Gasteiger charge is 2.27. The lowest BCUT2D eigenvalue weighted by molar-refractivity contribution is -0.137. The van der Waals surface area contributed by atoms with E-state index in [2.05, 4.69) is 0 Å². The highest BCUT2D eigenvalue weighted by atomic mass is 16.5. The number of hydrogen-bond donors (Lipinski definition) is 0. The number of Topliss-reactive ketones (excluding diaryl/α,β-unsaturated/α-hetero) is 2. The summed E-state index contributed by atoms with van der Waals surface area (Å²) in [5.74, 6) is -0.890. The number of esters is 1. The van der Waals surface area contributed by atoms with Gasteiger partial charge in [-0.05, 0) is 44.6 Å². The minimum Gasteiger partial charge on any atom is -0.466 e. The predicted molar refractivity (Wildman–Crippen MR) is 99.0 cm³/mol. The van der Waals surface area contributed by atoms with E-state index in [0.717, 1.165) is 12.8 Å². The van der Waals surface area contributed by atoms with Gasteiger partial charge in [0.15, 0.2) is 5.78 Å². The maximum atomic E-state index is 12.7. The lowest BCUT2D eigenvalue weighted by Gasteiger charge is -2.20. The fourth-order valence-corrected chi connectivity index (χ4v) is 2.89. The Kier molecular flexibility index (Phi) is 8.53. The van der Waals surface area contributed by atoms with E-state index in [4.69, 9.17) is 4.74 Å². The number of hydrogen-bond acceptors (Lipinski definition) is 4. The third-order valence-corrected chi connectivity index (χ3v) is 4.70. The third-order valence-electron chi connectivity index (χ3n) is 4.70. The highest BCUT2D eigenvalue weighted by Crippen LogP contribution is 2.23. The van der Waals surface area contributed by atoms with Gasteiger partial charge >= 0.3 is 5.97 Å². The van der Waals surface area contributed by atoms with Crippen molar-refractivity contribution in [3.05, 3.63) is 34.9 Å². The Morgan fingerprint density at radius 2 is 1.84 bits per heavy atom. The van der Waals surface area contributed by atoms with E-state index in [1.807, 2.05) is 39.8 Å². The monoisotopic (exact) mass is 346 g/mol. The number of methoxy groups -OCH3 is 1. The Balaban J connectivity index is 3.18. The van der Waals surface area contributed by atoms with Gasteiger partial charge in [0, 0.05) is 24.3 Å². The Bertz CT molecular complexity index is 605. The van der Waals surface area contributed by atoms with Gasteiger partial charge in [-0.1, -0.05) is 37.6 Å². The van der Waals surface area contributed by atoms with Gasteiger partial charge in [-0.2, -0.15) is 0 Å². The molecule has 0 unspecified atom stereocenters. The topological polar surface area (TPSA) is 60.4 Å². The number of carbonyl (C=O) groups is 3. The van der Waals surface area contributed by atoms with Crippen molar-refractivity contribution in [3.63, 3.8) is 0 Å². The summed E-state index contributed by atoms with van der Waals surface area (Å²) in [6.07, 6.45) is 8.25. The first-order valence-corrected chi connectivity index (χ1v) is 8.91. The fourth-order valence-electron chi connectivity index (χ4n) is 2.89. The first-order chi connectivity index (χ1) is 11.8. The Hall–Kier alpha value is -1.97. The molecule has 0 spiro atoms. The smallest absolute Gasteiger partial charge is 0.333 e. The van der Waals surface area contributed by atoms with Gasteiger partial charge in [0.1, 0.15) is 5.78 Å². The number of rotatable bonds is 2. The summed E-state index contributed by atoms with van der Waals surface area (Å²) in [4.78, 5) is 37.2. The van der Waals surface area contributed by atoms with Crippen LogP contribution in [0.4, 0.5) is 0 Å². The largest absolute Gasteiger partial charge is 0.466 e. The lowest BCUT2D eigenvalue weighted by Crippen LogP contribution is -2.25. The summed E-state index contributed by atoms with van der Waals surface area (Å²) < 4.78 is 4.81. The van der Waals surface area contributed by atoms with Gasteiger partial charge in [0.2, 0.25) is 0 Å². The molecule has 1 aliphatic carbocycles. The van der Waals surface area contributed by atoms with E-state index in [1.165, 1.54) is 12.7 Å².